The number of halogens is 1. The van der Waals surface area contributed by atoms with Crippen LogP contribution in [-0.2, 0) is 17.8 Å². The van der Waals surface area contributed by atoms with E-state index in [4.69, 9.17) is 4.98 Å². The molecule has 0 N–H and O–H groups in total. The first-order chi connectivity index (χ1) is 15.6. The van der Waals surface area contributed by atoms with Gasteiger partial charge in [0, 0.05) is 61.4 Å². The summed E-state index contributed by atoms with van der Waals surface area (Å²) in [4.78, 5) is 26.0. The van der Waals surface area contributed by atoms with Gasteiger partial charge in [0.15, 0.2) is 0 Å². The molecule has 6 nitrogen and oxygen atoms in total. The number of amides is 1. The molecular formula is C24H24FN5OS. The Hall–Kier alpha value is -3.26. The Labute approximate surface area is 189 Å². The summed E-state index contributed by atoms with van der Waals surface area (Å²) in [6.45, 7) is 5.34. The minimum atomic E-state index is -0.220. The number of rotatable bonds is 5. The van der Waals surface area contributed by atoms with Crippen molar-refractivity contribution in [1.82, 2.24) is 19.4 Å². The number of fused-ring (bicyclic) bond motifs is 1. The lowest BCUT2D eigenvalue weighted by Gasteiger charge is -2.36. The smallest absolute Gasteiger partial charge is 0.228 e. The summed E-state index contributed by atoms with van der Waals surface area (Å²) < 4.78 is 16.2. The molecule has 5 rings (SSSR count). The lowest BCUT2D eigenvalue weighted by atomic mass is 10.2. The highest BCUT2D eigenvalue weighted by molar-refractivity contribution is 7.13. The number of benzene rings is 1. The first-order valence-electron chi connectivity index (χ1n) is 10.8. The molecule has 1 aromatic carbocycles. The van der Waals surface area contributed by atoms with Crippen molar-refractivity contribution in [2.45, 2.75) is 19.9 Å². The van der Waals surface area contributed by atoms with Gasteiger partial charge in [-0.05, 0) is 31.2 Å². The second-order valence-corrected chi connectivity index (χ2v) is 8.70. The highest BCUT2D eigenvalue weighted by atomic mass is 32.1. The Morgan fingerprint density at radius 3 is 2.72 bits per heavy atom. The maximum absolute atomic E-state index is 14.0. The van der Waals surface area contributed by atoms with Crippen LogP contribution in [-0.4, -0.2) is 51.5 Å². The van der Waals surface area contributed by atoms with Gasteiger partial charge >= 0.3 is 0 Å². The van der Waals surface area contributed by atoms with Gasteiger partial charge in [-0.25, -0.2) is 14.4 Å². The number of carbonyl (C=O) groups is 1. The van der Waals surface area contributed by atoms with E-state index in [1.807, 2.05) is 27.3 Å². The largest absolute Gasteiger partial charge is 0.366 e. The van der Waals surface area contributed by atoms with Crippen molar-refractivity contribution in [2.75, 3.05) is 31.1 Å². The topological polar surface area (TPSA) is 54.3 Å². The quantitative estimate of drug-likeness (QED) is 0.458. The molecule has 164 valence electrons. The van der Waals surface area contributed by atoms with Crippen molar-refractivity contribution in [1.29, 1.82) is 0 Å². The van der Waals surface area contributed by atoms with E-state index in [9.17, 15) is 9.18 Å². The Morgan fingerprint density at radius 1 is 1.12 bits per heavy atom. The summed E-state index contributed by atoms with van der Waals surface area (Å²) in [6.07, 6.45) is 4.17. The van der Waals surface area contributed by atoms with Crippen LogP contribution in [0.1, 0.15) is 12.6 Å². The molecule has 0 saturated carbocycles. The van der Waals surface area contributed by atoms with Crippen LogP contribution in [0.25, 0.3) is 21.6 Å². The summed E-state index contributed by atoms with van der Waals surface area (Å²) in [5.74, 6) is -0.158. The molecule has 1 aliphatic rings. The van der Waals surface area contributed by atoms with Crippen LogP contribution in [0.4, 0.5) is 10.1 Å². The third-order valence-electron chi connectivity index (χ3n) is 5.91. The number of para-hydroxylation sites is 1. The highest BCUT2D eigenvalue weighted by Crippen LogP contribution is 2.32. The molecule has 0 spiro atoms. The third-order valence-corrected chi connectivity index (χ3v) is 6.84. The van der Waals surface area contributed by atoms with E-state index in [1.54, 1.807) is 29.7 Å². The number of piperazine rings is 1. The molecule has 4 heterocycles. The Bertz CT molecular complexity index is 1260. The Morgan fingerprint density at radius 2 is 1.94 bits per heavy atom. The van der Waals surface area contributed by atoms with Crippen LogP contribution >= 0.6 is 11.3 Å². The molecule has 32 heavy (non-hydrogen) atoms. The van der Waals surface area contributed by atoms with Gasteiger partial charge in [-0.15, -0.1) is 11.3 Å². The van der Waals surface area contributed by atoms with Crippen LogP contribution < -0.4 is 4.90 Å². The second kappa shape index (κ2) is 8.70. The monoisotopic (exact) mass is 449 g/mol. The standard InChI is InChI=1S/C24H24FN5OS/c1-2-28-15-19(18-6-5-9-26-23(18)28)24-27-17(16-32-24)14-22(31)30-12-10-29(11-13-30)21-8-4-3-7-20(21)25/h3-9,15-16H,2,10-14H2,1H3. The summed E-state index contributed by atoms with van der Waals surface area (Å²) in [6, 6.07) is 10.8. The first kappa shape index (κ1) is 20.6. The lowest BCUT2D eigenvalue weighted by Crippen LogP contribution is -2.49. The molecule has 3 aromatic heterocycles. The third kappa shape index (κ3) is 3.86. The number of pyridine rings is 1. The van der Waals surface area contributed by atoms with E-state index in [0.717, 1.165) is 33.8 Å². The normalized spacial score (nSPS) is 14.3. The summed E-state index contributed by atoms with van der Waals surface area (Å²) in [5.41, 5.74) is 3.39. The van der Waals surface area contributed by atoms with Crippen molar-refractivity contribution in [3.05, 3.63) is 65.7 Å². The number of aromatic nitrogens is 3. The fourth-order valence-corrected chi connectivity index (χ4v) is 5.06. The highest BCUT2D eigenvalue weighted by Gasteiger charge is 2.23. The van der Waals surface area contributed by atoms with Gasteiger partial charge in [-0.3, -0.25) is 4.79 Å². The van der Waals surface area contributed by atoms with Crippen molar-refractivity contribution in [3.8, 4) is 10.6 Å². The van der Waals surface area contributed by atoms with Crippen LogP contribution in [0.2, 0.25) is 0 Å². The van der Waals surface area contributed by atoms with Crippen LogP contribution in [0, 0.1) is 5.82 Å². The van der Waals surface area contributed by atoms with E-state index in [0.29, 0.717) is 31.9 Å². The van der Waals surface area contributed by atoms with Crippen LogP contribution in [0.3, 0.4) is 0 Å². The van der Waals surface area contributed by atoms with Gasteiger partial charge in [0.05, 0.1) is 17.8 Å². The zero-order valence-corrected chi connectivity index (χ0v) is 18.7. The molecular weight excluding hydrogens is 425 g/mol. The summed E-state index contributed by atoms with van der Waals surface area (Å²) >= 11 is 1.56. The Balaban J connectivity index is 1.26. The molecule has 1 fully saturated rings. The zero-order valence-electron chi connectivity index (χ0n) is 17.9. The number of thiazole rings is 1. The van der Waals surface area contributed by atoms with Gasteiger partial charge in [0.1, 0.15) is 16.5 Å². The molecule has 0 radical (unpaired) electrons. The molecule has 4 aromatic rings. The number of anilines is 1. The average Bonchev–Trinajstić information content (AvgIpc) is 3.44. The average molecular weight is 450 g/mol. The molecule has 0 atom stereocenters. The maximum atomic E-state index is 14.0. The summed E-state index contributed by atoms with van der Waals surface area (Å²) in [7, 11) is 0. The van der Waals surface area contributed by atoms with Crippen molar-refractivity contribution in [2.24, 2.45) is 0 Å². The van der Waals surface area contributed by atoms with Crippen LogP contribution in [0.15, 0.2) is 54.2 Å². The van der Waals surface area contributed by atoms with Crippen molar-refractivity contribution in [3.63, 3.8) is 0 Å². The van der Waals surface area contributed by atoms with E-state index in [2.05, 4.69) is 28.7 Å². The fraction of sp³-hybridized carbons (Fsp3) is 0.292. The lowest BCUT2D eigenvalue weighted by molar-refractivity contribution is -0.130. The van der Waals surface area contributed by atoms with Gasteiger partial charge in [-0.2, -0.15) is 0 Å². The van der Waals surface area contributed by atoms with Gasteiger partial charge in [0.25, 0.3) is 0 Å². The summed E-state index contributed by atoms with van der Waals surface area (Å²) in [5, 5.41) is 3.95. The first-order valence-corrected chi connectivity index (χ1v) is 11.7. The van der Waals surface area contributed by atoms with E-state index < -0.39 is 0 Å². The van der Waals surface area contributed by atoms with Gasteiger partial charge in [-0.1, -0.05) is 12.1 Å². The van der Waals surface area contributed by atoms with Crippen LogP contribution in [0.5, 0.6) is 0 Å². The number of carbonyl (C=O) groups excluding carboxylic acids is 1. The van der Waals surface area contributed by atoms with E-state index in [-0.39, 0.29) is 18.1 Å². The van der Waals surface area contributed by atoms with Gasteiger partial charge in [0.2, 0.25) is 5.91 Å². The van der Waals surface area contributed by atoms with E-state index >= 15 is 0 Å². The van der Waals surface area contributed by atoms with Gasteiger partial charge < -0.3 is 14.4 Å². The minimum Gasteiger partial charge on any atom is -0.366 e. The number of hydrogen-bond donors (Lipinski definition) is 0. The number of hydrogen-bond acceptors (Lipinski definition) is 5. The predicted molar refractivity (Wildman–Crippen MR) is 125 cm³/mol. The SMILES string of the molecule is CCn1cc(-c2nc(CC(=O)N3CCN(c4ccccc4F)CC3)cs2)c2cccnc21. The number of nitrogens with zero attached hydrogens (tertiary/aromatic N) is 5. The number of aryl methyl sites for hydroxylation is 1. The molecule has 0 aliphatic carbocycles. The maximum Gasteiger partial charge on any atom is 0.228 e. The molecule has 1 aliphatic heterocycles. The Kier molecular flexibility index (Phi) is 5.61. The molecule has 1 amide bonds. The van der Waals surface area contributed by atoms with Crippen molar-refractivity contribution < 1.29 is 9.18 Å². The molecule has 0 unspecified atom stereocenters. The zero-order chi connectivity index (χ0) is 22.1. The predicted octanol–water partition coefficient (Wildman–Crippen LogP) is 4.21. The van der Waals surface area contributed by atoms with E-state index in [1.165, 1.54) is 6.07 Å². The fourth-order valence-electron chi connectivity index (χ4n) is 4.22. The van der Waals surface area contributed by atoms with Crippen molar-refractivity contribution >= 4 is 34.0 Å². The second-order valence-electron chi connectivity index (χ2n) is 7.84. The molecule has 0 bridgehead atoms. The minimum absolute atomic E-state index is 0.0627. The molecule has 1 saturated heterocycles. The molecule has 8 heteroatoms.